The number of carbonyl (C=O) groups is 1. The second-order valence-electron chi connectivity index (χ2n) is 5.14. The minimum absolute atomic E-state index is 0.202. The molecule has 0 aromatic carbocycles. The molecular weight excluding hydrogens is 282 g/mol. The third-order valence-electron chi connectivity index (χ3n) is 3.78. The number of fused-ring (bicyclic) bond motifs is 1. The van der Waals surface area contributed by atoms with Crippen LogP contribution in [0.2, 0.25) is 0 Å². The average molecular weight is 296 g/mol. The largest absolute Gasteiger partial charge is 0.337 e. The lowest BCUT2D eigenvalue weighted by Gasteiger charge is -2.31. The summed E-state index contributed by atoms with van der Waals surface area (Å²) in [6.07, 6.45) is -1.74. The Balaban J connectivity index is 1.76. The van der Waals surface area contributed by atoms with Gasteiger partial charge in [0.2, 0.25) is 6.43 Å². The molecule has 2 N–H and O–H groups in total. The number of amides is 1. The van der Waals surface area contributed by atoms with Gasteiger partial charge in [0.15, 0.2) is 5.65 Å². The van der Waals surface area contributed by atoms with Gasteiger partial charge in [-0.15, -0.1) is 0 Å². The van der Waals surface area contributed by atoms with E-state index in [0.29, 0.717) is 37.1 Å². The van der Waals surface area contributed by atoms with Crippen LogP contribution in [0.5, 0.6) is 0 Å². The highest BCUT2D eigenvalue weighted by Gasteiger charge is 2.29. The second-order valence-corrected chi connectivity index (χ2v) is 5.14. The van der Waals surface area contributed by atoms with E-state index in [-0.39, 0.29) is 17.3 Å². The topological polar surface area (TPSA) is 81.8 Å². The van der Waals surface area contributed by atoms with Gasteiger partial charge >= 0.3 is 5.69 Å². The summed E-state index contributed by atoms with van der Waals surface area (Å²) in [6.45, 7) is 0.606. The first-order valence-corrected chi connectivity index (χ1v) is 6.71. The second kappa shape index (κ2) is 5.27. The molecule has 8 heteroatoms. The number of rotatable bonds is 2. The number of carbonyl (C=O) groups excluding carboxylic acids is 1. The first-order valence-electron chi connectivity index (χ1n) is 6.71. The Morgan fingerprint density at radius 1 is 1.29 bits per heavy atom. The Morgan fingerprint density at radius 2 is 2.00 bits per heavy atom. The van der Waals surface area contributed by atoms with Crippen molar-refractivity contribution in [3.8, 4) is 0 Å². The molecule has 0 saturated carbocycles. The Bertz CT molecular complexity index is 716. The molecule has 1 aliphatic rings. The molecule has 21 heavy (non-hydrogen) atoms. The Labute approximate surface area is 118 Å². The zero-order valence-electron chi connectivity index (χ0n) is 11.1. The lowest BCUT2D eigenvalue weighted by Crippen LogP contribution is -2.40. The Hall–Kier alpha value is -2.25. The molecule has 112 valence electrons. The van der Waals surface area contributed by atoms with Crippen molar-refractivity contribution in [3.05, 3.63) is 28.3 Å². The van der Waals surface area contributed by atoms with Crippen molar-refractivity contribution >= 4 is 17.1 Å². The van der Waals surface area contributed by atoms with Crippen LogP contribution in [0.4, 0.5) is 8.78 Å². The quantitative estimate of drug-likeness (QED) is 0.878. The fourth-order valence-electron chi connectivity index (χ4n) is 2.55. The highest BCUT2D eigenvalue weighted by atomic mass is 19.3. The number of nitrogens with zero attached hydrogens (tertiary/aromatic N) is 2. The van der Waals surface area contributed by atoms with Crippen molar-refractivity contribution in [2.24, 2.45) is 5.92 Å². The highest BCUT2D eigenvalue weighted by molar-refractivity contribution is 5.94. The van der Waals surface area contributed by atoms with Gasteiger partial charge in [0.1, 0.15) is 5.69 Å². The van der Waals surface area contributed by atoms with Gasteiger partial charge in [0.05, 0.1) is 5.52 Å². The molecule has 3 rings (SSSR count). The van der Waals surface area contributed by atoms with E-state index in [1.54, 1.807) is 6.07 Å². The minimum Gasteiger partial charge on any atom is -0.337 e. The van der Waals surface area contributed by atoms with Crippen LogP contribution >= 0.6 is 0 Å². The summed E-state index contributed by atoms with van der Waals surface area (Å²) < 4.78 is 25.2. The molecule has 1 fully saturated rings. The van der Waals surface area contributed by atoms with Crippen LogP contribution in [-0.4, -0.2) is 45.3 Å². The van der Waals surface area contributed by atoms with Gasteiger partial charge in [-0.1, -0.05) is 0 Å². The number of piperidine rings is 1. The van der Waals surface area contributed by atoms with Gasteiger partial charge in [0, 0.05) is 19.0 Å². The lowest BCUT2D eigenvalue weighted by atomic mass is 9.97. The highest BCUT2D eigenvalue weighted by Crippen LogP contribution is 2.24. The van der Waals surface area contributed by atoms with E-state index in [4.69, 9.17) is 0 Å². The van der Waals surface area contributed by atoms with Crippen molar-refractivity contribution in [3.63, 3.8) is 0 Å². The minimum atomic E-state index is -2.33. The number of hydrogen-bond acceptors (Lipinski definition) is 3. The van der Waals surface area contributed by atoms with Crippen LogP contribution in [0.3, 0.4) is 0 Å². The van der Waals surface area contributed by atoms with Crippen LogP contribution in [0, 0.1) is 5.92 Å². The number of aromatic amines is 2. The number of hydrogen-bond donors (Lipinski definition) is 2. The smallest absolute Gasteiger partial charge is 0.325 e. The zero-order valence-corrected chi connectivity index (χ0v) is 11.1. The van der Waals surface area contributed by atoms with E-state index >= 15 is 0 Å². The summed E-state index contributed by atoms with van der Waals surface area (Å²) in [7, 11) is 0. The molecule has 0 bridgehead atoms. The molecule has 0 unspecified atom stereocenters. The van der Waals surface area contributed by atoms with Gasteiger partial charge < -0.3 is 9.88 Å². The summed E-state index contributed by atoms with van der Waals surface area (Å²) in [4.78, 5) is 34.1. The van der Waals surface area contributed by atoms with Crippen LogP contribution in [0.1, 0.15) is 23.3 Å². The monoisotopic (exact) mass is 296 g/mol. The molecule has 2 aromatic rings. The first kappa shape index (κ1) is 13.7. The fraction of sp³-hybridized carbons (Fsp3) is 0.462. The van der Waals surface area contributed by atoms with Gasteiger partial charge in [-0.05, 0) is 25.0 Å². The SMILES string of the molecule is O=C(c1ccc2[nH]c(=O)[nH]c2n1)N1CCC(C(F)F)CC1. The normalized spacial score (nSPS) is 16.8. The molecule has 1 saturated heterocycles. The van der Waals surface area contributed by atoms with E-state index in [1.807, 2.05) is 0 Å². The number of pyridine rings is 1. The summed E-state index contributed by atoms with van der Waals surface area (Å²) >= 11 is 0. The fourth-order valence-corrected chi connectivity index (χ4v) is 2.55. The molecule has 1 amide bonds. The van der Waals surface area contributed by atoms with E-state index in [0.717, 1.165) is 0 Å². The van der Waals surface area contributed by atoms with Crippen molar-refractivity contribution in [2.75, 3.05) is 13.1 Å². The lowest BCUT2D eigenvalue weighted by molar-refractivity contribution is 0.0309. The summed E-state index contributed by atoms with van der Waals surface area (Å²) in [5.74, 6) is -0.933. The van der Waals surface area contributed by atoms with Crippen molar-refractivity contribution < 1.29 is 13.6 Å². The van der Waals surface area contributed by atoms with Crippen LogP contribution in [-0.2, 0) is 0 Å². The molecular formula is C13H14F2N4O2. The third-order valence-corrected chi connectivity index (χ3v) is 3.78. The molecule has 0 radical (unpaired) electrons. The van der Waals surface area contributed by atoms with Gasteiger partial charge in [-0.3, -0.25) is 9.78 Å². The van der Waals surface area contributed by atoms with Crippen molar-refractivity contribution in [2.45, 2.75) is 19.3 Å². The zero-order chi connectivity index (χ0) is 15.0. The van der Waals surface area contributed by atoms with E-state index < -0.39 is 12.3 Å². The summed E-state index contributed by atoms with van der Waals surface area (Å²) in [5, 5.41) is 0. The molecule has 1 aliphatic heterocycles. The van der Waals surface area contributed by atoms with Gasteiger partial charge in [-0.25, -0.2) is 18.6 Å². The maximum atomic E-state index is 12.6. The molecule has 0 aliphatic carbocycles. The van der Waals surface area contributed by atoms with Crippen molar-refractivity contribution in [1.82, 2.24) is 19.9 Å². The van der Waals surface area contributed by atoms with Crippen LogP contribution < -0.4 is 5.69 Å². The standard InChI is InChI=1S/C13H14F2N4O2/c14-10(15)7-3-5-19(6-4-7)12(20)9-2-1-8-11(16-9)18-13(21)17-8/h1-2,7,10H,3-6H2,(H2,16,17,18,21). The molecule has 6 nitrogen and oxygen atoms in total. The number of aromatic nitrogens is 3. The van der Waals surface area contributed by atoms with E-state index in [1.165, 1.54) is 11.0 Å². The number of likely N-dealkylation sites (tertiary alicyclic amines) is 1. The number of H-pyrrole nitrogens is 2. The number of halogens is 2. The van der Waals surface area contributed by atoms with Gasteiger partial charge in [-0.2, -0.15) is 0 Å². The van der Waals surface area contributed by atoms with E-state index in [9.17, 15) is 18.4 Å². The molecule has 0 spiro atoms. The Morgan fingerprint density at radius 3 is 2.67 bits per heavy atom. The van der Waals surface area contributed by atoms with Crippen LogP contribution in [0.25, 0.3) is 11.2 Å². The number of nitrogens with one attached hydrogen (secondary N) is 2. The summed E-state index contributed by atoms with van der Waals surface area (Å²) in [6, 6.07) is 3.12. The molecule has 0 atom stereocenters. The predicted molar refractivity (Wildman–Crippen MR) is 71.3 cm³/mol. The van der Waals surface area contributed by atoms with E-state index in [2.05, 4.69) is 15.0 Å². The predicted octanol–water partition coefficient (Wildman–Crippen LogP) is 1.37. The van der Waals surface area contributed by atoms with Crippen molar-refractivity contribution in [1.29, 1.82) is 0 Å². The van der Waals surface area contributed by atoms with Gasteiger partial charge in [0.25, 0.3) is 5.91 Å². The third kappa shape index (κ3) is 2.65. The first-order chi connectivity index (χ1) is 10.0. The molecule has 3 heterocycles. The number of alkyl halides is 2. The average Bonchev–Trinajstić information content (AvgIpc) is 2.85. The Kier molecular flexibility index (Phi) is 3.44. The van der Waals surface area contributed by atoms with Crippen LogP contribution in [0.15, 0.2) is 16.9 Å². The summed E-state index contributed by atoms with van der Waals surface area (Å²) in [5.41, 5.74) is 0.648. The molecule has 2 aromatic heterocycles. The number of imidazole rings is 1. The maximum Gasteiger partial charge on any atom is 0.325 e. The maximum absolute atomic E-state index is 12.6.